The molecule has 1 aliphatic heterocycles. The Morgan fingerprint density at radius 3 is 2.38 bits per heavy atom. The molecule has 1 amide bonds. The first-order valence-corrected chi connectivity index (χ1v) is 12.1. The Labute approximate surface area is 219 Å². The molecule has 8 heteroatoms. The third-order valence-corrected chi connectivity index (χ3v) is 6.85. The zero-order chi connectivity index (χ0) is 27.0. The Bertz CT molecular complexity index is 1410. The molecule has 1 aliphatic rings. The highest BCUT2D eigenvalue weighted by atomic mass is 35.5. The molecule has 1 unspecified atom stereocenters. The van der Waals surface area contributed by atoms with E-state index < -0.39 is 23.5 Å². The van der Waals surface area contributed by atoms with Crippen LogP contribution >= 0.6 is 11.6 Å². The maximum atomic E-state index is 13.5. The van der Waals surface area contributed by atoms with Gasteiger partial charge in [0.2, 0.25) is 0 Å². The number of aryl methyl sites for hydroxylation is 1. The van der Waals surface area contributed by atoms with Gasteiger partial charge in [0, 0.05) is 12.1 Å². The van der Waals surface area contributed by atoms with Gasteiger partial charge in [-0.15, -0.1) is 0 Å². The molecule has 3 aromatic carbocycles. The number of carbonyl (C=O) groups excluding carboxylic acids is 2. The average Bonchev–Trinajstić information content (AvgIpc) is 3.11. The van der Waals surface area contributed by atoms with Crippen LogP contribution in [0, 0.1) is 12.7 Å². The number of hydrogen-bond acceptors (Lipinski definition) is 5. The summed E-state index contributed by atoms with van der Waals surface area (Å²) < 4.78 is 19.0. The summed E-state index contributed by atoms with van der Waals surface area (Å²) in [5.41, 5.74) is 2.82. The molecule has 0 saturated carbocycles. The predicted molar refractivity (Wildman–Crippen MR) is 139 cm³/mol. The van der Waals surface area contributed by atoms with Gasteiger partial charge in [-0.05, 0) is 71.5 Å². The third kappa shape index (κ3) is 4.91. The minimum atomic E-state index is -0.993. The van der Waals surface area contributed by atoms with E-state index in [1.54, 1.807) is 32.2 Å². The SMILES string of the molecule is COc1cc(C)c(/C(O)=C2\C(=O)C(=O)N(Cc3ccc(F)cc3)C2c2ccc(O)c(Cl)c2)cc1C(C)C. The van der Waals surface area contributed by atoms with E-state index in [4.69, 9.17) is 16.3 Å². The lowest BCUT2D eigenvalue weighted by Gasteiger charge is -2.26. The zero-order valence-electron chi connectivity index (χ0n) is 20.9. The summed E-state index contributed by atoms with van der Waals surface area (Å²) in [7, 11) is 1.57. The number of phenolic OH excluding ortho intramolecular Hbond substituents is 1. The van der Waals surface area contributed by atoms with Crippen LogP contribution in [0.5, 0.6) is 11.5 Å². The number of Topliss-reactive ketones (excluding diaryl/α,β-unsaturated/α-hetero) is 1. The fourth-order valence-corrected chi connectivity index (χ4v) is 4.78. The predicted octanol–water partition coefficient (Wildman–Crippen LogP) is 6.25. The van der Waals surface area contributed by atoms with Crippen LogP contribution in [-0.2, 0) is 16.1 Å². The number of ether oxygens (including phenoxy) is 1. The number of halogens is 2. The topological polar surface area (TPSA) is 87.1 Å². The molecule has 1 fully saturated rings. The Kier molecular flexibility index (Phi) is 7.28. The molecule has 1 saturated heterocycles. The Morgan fingerprint density at radius 1 is 1.11 bits per heavy atom. The molecule has 0 bridgehead atoms. The molecule has 1 heterocycles. The third-order valence-electron chi connectivity index (χ3n) is 6.55. The number of likely N-dealkylation sites (tertiary alicyclic amines) is 1. The Balaban J connectivity index is 1.93. The molecular weight excluding hydrogens is 497 g/mol. The second-order valence-corrected chi connectivity index (χ2v) is 9.74. The minimum absolute atomic E-state index is 0.0103. The van der Waals surface area contributed by atoms with Crippen LogP contribution < -0.4 is 4.74 Å². The first kappa shape index (κ1) is 26.2. The maximum Gasteiger partial charge on any atom is 0.295 e. The van der Waals surface area contributed by atoms with E-state index in [0.29, 0.717) is 28.0 Å². The van der Waals surface area contributed by atoms with Crippen molar-refractivity contribution in [3.05, 3.63) is 98.8 Å². The maximum absolute atomic E-state index is 13.5. The van der Waals surface area contributed by atoms with Gasteiger partial charge in [0.25, 0.3) is 11.7 Å². The summed E-state index contributed by atoms with van der Waals surface area (Å²) in [6.45, 7) is 5.74. The first-order valence-electron chi connectivity index (χ1n) is 11.7. The lowest BCUT2D eigenvalue weighted by Crippen LogP contribution is -2.29. The monoisotopic (exact) mass is 523 g/mol. The molecule has 37 heavy (non-hydrogen) atoms. The van der Waals surface area contributed by atoms with Crippen molar-refractivity contribution >= 4 is 29.1 Å². The van der Waals surface area contributed by atoms with Crippen molar-refractivity contribution in [2.24, 2.45) is 0 Å². The molecule has 2 N–H and O–H groups in total. The van der Waals surface area contributed by atoms with Crippen LogP contribution in [0.1, 0.15) is 53.6 Å². The standard InChI is InChI=1S/C29H27ClFNO5/c1-15(2)20-13-21(16(3)11-24(20)37-4)27(34)25-26(18-7-10-23(33)22(30)12-18)32(29(36)28(25)35)14-17-5-8-19(31)9-6-17/h5-13,15,26,33-34H,14H2,1-4H3/b27-25+. The Hall–Kier alpha value is -3.84. The van der Waals surface area contributed by atoms with Crippen molar-refractivity contribution in [1.82, 2.24) is 4.90 Å². The number of aromatic hydroxyl groups is 1. The highest BCUT2D eigenvalue weighted by Gasteiger charge is 2.46. The van der Waals surface area contributed by atoms with Crippen LogP contribution in [0.3, 0.4) is 0 Å². The van der Waals surface area contributed by atoms with Gasteiger partial charge in [-0.1, -0.05) is 43.6 Å². The number of carbonyl (C=O) groups is 2. The molecule has 6 nitrogen and oxygen atoms in total. The summed E-state index contributed by atoms with van der Waals surface area (Å²) in [6, 6.07) is 12.5. The zero-order valence-corrected chi connectivity index (χ0v) is 21.6. The number of aliphatic hydroxyl groups is 1. The van der Waals surface area contributed by atoms with E-state index in [0.717, 1.165) is 5.56 Å². The highest BCUT2D eigenvalue weighted by molar-refractivity contribution is 6.46. The summed E-state index contributed by atoms with van der Waals surface area (Å²) in [4.78, 5) is 28.0. The van der Waals surface area contributed by atoms with Crippen molar-refractivity contribution in [3.8, 4) is 11.5 Å². The van der Waals surface area contributed by atoms with Crippen molar-refractivity contribution in [3.63, 3.8) is 0 Å². The number of amides is 1. The molecule has 0 aromatic heterocycles. The van der Waals surface area contributed by atoms with Gasteiger partial charge in [-0.3, -0.25) is 9.59 Å². The van der Waals surface area contributed by atoms with Crippen molar-refractivity contribution in [2.45, 2.75) is 39.3 Å². The summed E-state index contributed by atoms with van der Waals surface area (Å²) in [5.74, 6) is -1.85. The van der Waals surface area contributed by atoms with Crippen LogP contribution in [0.25, 0.3) is 5.76 Å². The van der Waals surface area contributed by atoms with E-state index in [2.05, 4.69) is 0 Å². The first-order chi connectivity index (χ1) is 17.5. The lowest BCUT2D eigenvalue weighted by atomic mass is 9.91. The van der Waals surface area contributed by atoms with Gasteiger partial charge in [-0.25, -0.2) is 4.39 Å². The van der Waals surface area contributed by atoms with Gasteiger partial charge in [0.05, 0.1) is 23.7 Å². The molecular formula is C29H27ClFNO5. The van der Waals surface area contributed by atoms with Gasteiger partial charge in [0.15, 0.2) is 0 Å². The largest absolute Gasteiger partial charge is 0.507 e. The van der Waals surface area contributed by atoms with Crippen molar-refractivity contribution in [1.29, 1.82) is 0 Å². The van der Waals surface area contributed by atoms with Crippen molar-refractivity contribution in [2.75, 3.05) is 7.11 Å². The molecule has 192 valence electrons. The van der Waals surface area contributed by atoms with E-state index in [-0.39, 0.29) is 34.6 Å². The normalized spacial score (nSPS) is 17.1. The average molecular weight is 524 g/mol. The fraction of sp³-hybridized carbons (Fsp3) is 0.241. The van der Waals surface area contributed by atoms with E-state index in [1.807, 2.05) is 13.8 Å². The van der Waals surface area contributed by atoms with E-state index in [9.17, 15) is 24.2 Å². The van der Waals surface area contributed by atoms with Crippen LogP contribution in [0.4, 0.5) is 4.39 Å². The van der Waals surface area contributed by atoms with Crippen LogP contribution in [-0.4, -0.2) is 33.9 Å². The number of ketones is 1. The molecule has 0 radical (unpaired) electrons. The summed E-state index contributed by atoms with van der Waals surface area (Å²) in [5, 5.41) is 21.5. The smallest absolute Gasteiger partial charge is 0.295 e. The number of rotatable bonds is 6. The number of nitrogens with zero attached hydrogens (tertiary/aromatic N) is 1. The van der Waals surface area contributed by atoms with Crippen molar-refractivity contribution < 1.29 is 28.9 Å². The van der Waals surface area contributed by atoms with Crippen LogP contribution in [0.15, 0.2) is 60.2 Å². The second kappa shape index (κ2) is 10.3. The number of methoxy groups -OCH3 is 1. The highest BCUT2D eigenvalue weighted by Crippen LogP contribution is 2.43. The van der Waals surface area contributed by atoms with E-state index >= 15 is 0 Å². The minimum Gasteiger partial charge on any atom is -0.507 e. The van der Waals surface area contributed by atoms with Gasteiger partial charge in [-0.2, -0.15) is 0 Å². The van der Waals surface area contributed by atoms with E-state index in [1.165, 1.54) is 41.3 Å². The second-order valence-electron chi connectivity index (χ2n) is 9.33. The van der Waals surface area contributed by atoms with Gasteiger partial charge in [0.1, 0.15) is 23.1 Å². The summed E-state index contributed by atoms with van der Waals surface area (Å²) >= 11 is 6.18. The number of hydrogen-bond donors (Lipinski definition) is 2. The number of benzene rings is 3. The fourth-order valence-electron chi connectivity index (χ4n) is 4.60. The molecule has 3 aromatic rings. The molecule has 0 spiro atoms. The lowest BCUT2D eigenvalue weighted by molar-refractivity contribution is -0.140. The number of phenols is 1. The van der Waals surface area contributed by atoms with Gasteiger partial charge < -0.3 is 19.8 Å². The quantitative estimate of drug-likeness (QED) is 0.227. The number of aliphatic hydroxyl groups excluding tert-OH is 1. The summed E-state index contributed by atoms with van der Waals surface area (Å²) in [6.07, 6.45) is 0. The van der Waals surface area contributed by atoms with Crippen LogP contribution in [0.2, 0.25) is 5.02 Å². The van der Waals surface area contributed by atoms with Gasteiger partial charge >= 0.3 is 0 Å². The molecule has 0 aliphatic carbocycles. The molecule has 1 atom stereocenters. The Morgan fingerprint density at radius 2 is 1.78 bits per heavy atom. The molecule has 4 rings (SSSR count).